The van der Waals surface area contributed by atoms with Gasteiger partial charge in [0.1, 0.15) is 12.7 Å². The number of aromatic nitrogens is 3. The predicted molar refractivity (Wildman–Crippen MR) is 48.4 cm³/mol. The second-order valence-electron chi connectivity index (χ2n) is 2.95. The van der Waals surface area contributed by atoms with E-state index in [1.807, 2.05) is 19.9 Å². The molecule has 0 atom stereocenters. The molecular weight excluding hydrogens is 168 g/mol. The van der Waals surface area contributed by atoms with Crippen LogP contribution in [0.25, 0.3) is 0 Å². The molecule has 0 aliphatic rings. The van der Waals surface area contributed by atoms with E-state index in [0.29, 0.717) is 5.92 Å². The lowest BCUT2D eigenvalue weighted by molar-refractivity contribution is -0.112. The van der Waals surface area contributed by atoms with Gasteiger partial charge in [-0.25, -0.2) is 4.68 Å². The Balaban J connectivity index is 2.43. The van der Waals surface area contributed by atoms with E-state index < -0.39 is 0 Å². The summed E-state index contributed by atoms with van der Waals surface area (Å²) >= 11 is 0. The van der Waals surface area contributed by atoms with Crippen LogP contribution in [0.3, 0.4) is 0 Å². The first-order valence-electron chi connectivity index (χ1n) is 4.02. The third-order valence-corrected chi connectivity index (χ3v) is 1.29. The van der Waals surface area contributed by atoms with Crippen molar-refractivity contribution in [3.63, 3.8) is 0 Å². The monoisotopic (exact) mass is 180 g/mol. The molecule has 0 bridgehead atoms. The van der Waals surface area contributed by atoms with Crippen molar-refractivity contribution >= 4 is 5.91 Å². The first-order chi connectivity index (χ1) is 6.18. The molecule has 70 valence electrons. The van der Waals surface area contributed by atoms with Crippen LogP contribution >= 0.6 is 0 Å². The molecule has 1 aromatic rings. The minimum absolute atomic E-state index is 0.187. The van der Waals surface area contributed by atoms with Crippen molar-refractivity contribution in [2.24, 2.45) is 5.92 Å². The van der Waals surface area contributed by atoms with Crippen LogP contribution in [0.5, 0.6) is 0 Å². The standard InChI is InChI=1S/C8H12N4O/c1-7(2)3-4-8(13)11-12-5-9-10-6-12/h3-7H,1-2H3,(H,11,13)/b4-3+. The molecule has 0 aliphatic heterocycles. The van der Waals surface area contributed by atoms with Crippen LogP contribution < -0.4 is 5.43 Å². The van der Waals surface area contributed by atoms with Gasteiger partial charge in [-0.05, 0) is 5.92 Å². The van der Waals surface area contributed by atoms with E-state index in [1.165, 1.54) is 23.4 Å². The Hall–Kier alpha value is -1.65. The Labute approximate surface area is 76.4 Å². The largest absolute Gasteiger partial charge is 0.268 e. The van der Waals surface area contributed by atoms with Gasteiger partial charge in [0.05, 0.1) is 0 Å². The summed E-state index contributed by atoms with van der Waals surface area (Å²) in [5.74, 6) is 0.181. The highest BCUT2D eigenvalue weighted by Crippen LogP contribution is 1.92. The maximum Gasteiger partial charge on any atom is 0.262 e. The van der Waals surface area contributed by atoms with Gasteiger partial charge in [-0.3, -0.25) is 10.2 Å². The second-order valence-corrected chi connectivity index (χ2v) is 2.95. The molecule has 1 N–H and O–H groups in total. The normalized spacial score (nSPS) is 11.0. The molecular formula is C8H12N4O. The van der Waals surface area contributed by atoms with Crippen molar-refractivity contribution < 1.29 is 4.79 Å². The summed E-state index contributed by atoms with van der Waals surface area (Å²) in [5, 5.41) is 7.09. The topological polar surface area (TPSA) is 59.8 Å². The van der Waals surface area contributed by atoms with Gasteiger partial charge in [-0.2, -0.15) is 0 Å². The van der Waals surface area contributed by atoms with Crippen LogP contribution in [0.1, 0.15) is 13.8 Å². The maximum atomic E-state index is 11.1. The second kappa shape index (κ2) is 4.39. The summed E-state index contributed by atoms with van der Waals surface area (Å²) in [4.78, 5) is 11.1. The predicted octanol–water partition coefficient (Wildman–Crippen LogP) is 0.560. The lowest BCUT2D eigenvalue weighted by atomic mass is 10.2. The number of hydrogen-bond donors (Lipinski definition) is 1. The highest BCUT2D eigenvalue weighted by molar-refractivity contribution is 5.93. The lowest BCUT2D eigenvalue weighted by Gasteiger charge is -1.99. The summed E-state index contributed by atoms with van der Waals surface area (Å²) in [6, 6.07) is 0. The van der Waals surface area contributed by atoms with Crippen LogP contribution in [0.4, 0.5) is 0 Å². The maximum absolute atomic E-state index is 11.1. The van der Waals surface area contributed by atoms with Crippen LogP contribution in [0, 0.1) is 5.92 Å². The van der Waals surface area contributed by atoms with Crippen LogP contribution in [-0.2, 0) is 4.79 Å². The Morgan fingerprint density at radius 2 is 2.08 bits per heavy atom. The third-order valence-electron chi connectivity index (χ3n) is 1.29. The Morgan fingerprint density at radius 3 is 2.62 bits per heavy atom. The van der Waals surface area contributed by atoms with Gasteiger partial charge in [-0.15, -0.1) is 10.2 Å². The molecule has 0 aliphatic carbocycles. The molecule has 5 nitrogen and oxygen atoms in total. The molecule has 0 saturated carbocycles. The quantitative estimate of drug-likeness (QED) is 0.691. The number of nitrogens with one attached hydrogen (secondary N) is 1. The van der Waals surface area contributed by atoms with E-state index in [-0.39, 0.29) is 5.91 Å². The van der Waals surface area contributed by atoms with Crippen molar-refractivity contribution in [2.75, 3.05) is 5.43 Å². The van der Waals surface area contributed by atoms with Crippen molar-refractivity contribution in [1.29, 1.82) is 0 Å². The summed E-state index contributed by atoms with van der Waals surface area (Å²) in [5.41, 5.74) is 2.54. The van der Waals surface area contributed by atoms with Crippen molar-refractivity contribution in [1.82, 2.24) is 14.9 Å². The minimum atomic E-state index is -0.187. The van der Waals surface area contributed by atoms with Gasteiger partial charge in [0.15, 0.2) is 0 Å². The lowest BCUT2D eigenvalue weighted by Crippen LogP contribution is -2.19. The fraction of sp³-hybridized carbons (Fsp3) is 0.375. The van der Waals surface area contributed by atoms with E-state index >= 15 is 0 Å². The van der Waals surface area contributed by atoms with E-state index in [4.69, 9.17) is 0 Å². The number of amides is 1. The highest BCUT2D eigenvalue weighted by Gasteiger charge is 1.95. The molecule has 0 spiro atoms. The van der Waals surface area contributed by atoms with E-state index in [0.717, 1.165) is 0 Å². The third kappa shape index (κ3) is 3.50. The SMILES string of the molecule is CC(C)/C=C/C(=O)Nn1cnnc1. The molecule has 5 heteroatoms. The molecule has 1 aromatic heterocycles. The molecule has 0 fully saturated rings. The summed E-state index contributed by atoms with van der Waals surface area (Å²) in [6.07, 6.45) is 6.15. The molecule has 0 aromatic carbocycles. The molecule has 0 radical (unpaired) electrons. The first-order valence-corrected chi connectivity index (χ1v) is 4.02. The van der Waals surface area contributed by atoms with Gasteiger partial charge in [-0.1, -0.05) is 19.9 Å². The van der Waals surface area contributed by atoms with Crippen molar-refractivity contribution in [3.05, 3.63) is 24.8 Å². The van der Waals surface area contributed by atoms with Gasteiger partial charge in [0.25, 0.3) is 5.91 Å². The van der Waals surface area contributed by atoms with E-state index in [1.54, 1.807) is 0 Å². The van der Waals surface area contributed by atoms with Gasteiger partial charge >= 0.3 is 0 Å². The van der Waals surface area contributed by atoms with Gasteiger partial charge in [0.2, 0.25) is 0 Å². The highest BCUT2D eigenvalue weighted by atomic mass is 16.2. The first kappa shape index (κ1) is 9.44. The zero-order chi connectivity index (χ0) is 9.68. The molecule has 0 saturated heterocycles. The molecule has 1 amide bonds. The fourth-order valence-electron chi connectivity index (χ4n) is 0.703. The van der Waals surface area contributed by atoms with Crippen LogP contribution in [-0.4, -0.2) is 20.8 Å². The minimum Gasteiger partial charge on any atom is -0.268 e. The number of carbonyl (C=O) groups is 1. The summed E-state index contributed by atoms with van der Waals surface area (Å²) in [7, 11) is 0. The van der Waals surface area contributed by atoms with E-state index in [9.17, 15) is 4.79 Å². The average molecular weight is 180 g/mol. The van der Waals surface area contributed by atoms with E-state index in [2.05, 4.69) is 15.6 Å². The smallest absolute Gasteiger partial charge is 0.262 e. The zero-order valence-corrected chi connectivity index (χ0v) is 7.64. The Kier molecular flexibility index (Phi) is 3.19. The molecule has 1 rings (SSSR count). The van der Waals surface area contributed by atoms with Gasteiger partial charge < -0.3 is 0 Å². The summed E-state index contributed by atoms with van der Waals surface area (Å²) < 4.78 is 1.40. The molecule has 1 heterocycles. The number of hydrogen-bond acceptors (Lipinski definition) is 3. The van der Waals surface area contributed by atoms with Gasteiger partial charge in [0, 0.05) is 6.08 Å². The average Bonchev–Trinajstić information content (AvgIpc) is 2.53. The number of rotatable bonds is 3. The van der Waals surface area contributed by atoms with Crippen LogP contribution in [0.2, 0.25) is 0 Å². The van der Waals surface area contributed by atoms with Crippen molar-refractivity contribution in [3.8, 4) is 0 Å². The van der Waals surface area contributed by atoms with Crippen LogP contribution in [0.15, 0.2) is 24.8 Å². The fourth-order valence-corrected chi connectivity index (χ4v) is 0.703. The molecule has 0 unspecified atom stereocenters. The number of allylic oxidation sites excluding steroid dienone is 1. The number of carbonyl (C=O) groups excluding carboxylic acids is 1. The number of nitrogens with zero attached hydrogens (tertiary/aromatic N) is 3. The van der Waals surface area contributed by atoms with Crippen molar-refractivity contribution in [2.45, 2.75) is 13.8 Å². The Morgan fingerprint density at radius 1 is 1.46 bits per heavy atom. The Bertz CT molecular complexity index is 289. The molecule has 13 heavy (non-hydrogen) atoms. The summed E-state index contributed by atoms with van der Waals surface area (Å²) in [6.45, 7) is 4.01. The zero-order valence-electron chi connectivity index (χ0n) is 7.64.